The number of hydrogen-bond donors (Lipinski definition) is 2. The maximum atomic E-state index is 13.7. The van der Waals surface area contributed by atoms with Crippen molar-refractivity contribution < 1.29 is 37.3 Å². The fraction of sp³-hybridized carbons (Fsp3) is 0.290. The smallest absolute Gasteiger partial charge is 0.272 e. The summed E-state index contributed by atoms with van der Waals surface area (Å²) in [6, 6.07) is 13.4. The molecule has 218 valence electrons. The Balaban J connectivity index is 1.47. The topological polar surface area (TPSA) is 125 Å². The van der Waals surface area contributed by atoms with Gasteiger partial charge in [-0.15, -0.1) is 0 Å². The standard InChI is InChI=1S/C31H28F3N3O5/c1-30(29(35)39)16-42-28-21(30)14-24(37-27(28)17-5-7-20(32)8-6-17)31(2,40)10-9-22(38)19-12-18-4-3-11-36-26(18)23(13-19)41-15-25(33)34/h3-8,11-14,25,40H,9-10,15-16H2,1-2H3,(H2,35,39)/t30-,31-/m0/s1. The number of nitrogens with zero attached hydrogens (tertiary/aromatic N) is 2. The molecule has 0 spiro atoms. The van der Waals surface area contributed by atoms with Gasteiger partial charge in [0.2, 0.25) is 5.91 Å². The Morgan fingerprint density at radius 1 is 1.19 bits per heavy atom. The highest BCUT2D eigenvalue weighted by atomic mass is 19.3. The van der Waals surface area contributed by atoms with Crippen LogP contribution in [0.5, 0.6) is 11.5 Å². The van der Waals surface area contributed by atoms with Crippen molar-refractivity contribution in [3.63, 3.8) is 0 Å². The van der Waals surface area contributed by atoms with Gasteiger partial charge >= 0.3 is 0 Å². The van der Waals surface area contributed by atoms with Gasteiger partial charge in [-0.1, -0.05) is 6.07 Å². The second-order valence-corrected chi connectivity index (χ2v) is 10.7. The Labute approximate surface area is 239 Å². The van der Waals surface area contributed by atoms with Crippen LogP contribution in [-0.2, 0) is 15.8 Å². The molecule has 0 fully saturated rings. The van der Waals surface area contributed by atoms with Crippen LogP contribution in [-0.4, -0.2) is 46.4 Å². The van der Waals surface area contributed by atoms with E-state index in [1.54, 1.807) is 31.2 Å². The van der Waals surface area contributed by atoms with E-state index in [0.717, 1.165) is 0 Å². The lowest BCUT2D eigenvalue weighted by atomic mass is 9.81. The largest absolute Gasteiger partial charge is 0.489 e. The molecule has 3 heterocycles. The third-order valence-electron chi connectivity index (χ3n) is 7.48. The second-order valence-electron chi connectivity index (χ2n) is 10.7. The first-order valence-electron chi connectivity index (χ1n) is 13.2. The highest BCUT2D eigenvalue weighted by Crippen LogP contribution is 2.46. The Morgan fingerprint density at radius 3 is 2.62 bits per heavy atom. The Kier molecular flexibility index (Phi) is 7.63. The van der Waals surface area contributed by atoms with E-state index in [1.165, 1.54) is 43.5 Å². The van der Waals surface area contributed by atoms with Gasteiger partial charge in [0.25, 0.3) is 6.43 Å². The molecule has 1 aliphatic rings. The van der Waals surface area contributed by atoms with Crippen LogP contribution in [0.2, 0.25) is 0 Å². The molecule has 42 heavy (non-hydrogen) atoms. The quantitative estimate of drug-likeness (QED) is 0.251. The first-order valence-corrected chi connectivity index (χ1v) is 13.2. The summed E-state index contributed by atoms with van der Waals surface area (Å²) < 4.78 is 50.4. The van der Waals surface area contributed by atoms with Gasteiger partial charge in [0.05, 0.1) is 5.69 Å². The zero-order valence-corrected chi connectivity index (χ0v) is 22.9. The predicted octanol–water partition coefficient (Wildman–Crippen LogP) is 5.09. The van der Waals surface area contributed by atoms with Crippen LogP contribution in [0, 0.1) is 5.82 Å². The number of benzene rings is 2. The maximum Gasteiger partial charge on any atom is 0.272 e. The number of carbonyl (C=O) groups is 2. The van der Waals surface area contributed by atoms with E-state index in [0.29, 0.717) is 33.5 Å². The molecule has 0 unspecified atom stereocenters. The van der Waals surface area contributed by atoms with Crippen LogP contribution in [0.3, 0.4) is 0 Å². The molecule has 1 amide bonds. The normalized spacial score (nSPS) is 17.5. The van der Waals surface area contributed by atoms with Gasteiger partial charge in [-0.25, -0.2) is 18.2 Å². The molecule has 2 aromatic carbocycles. The minimum absolute atomic E-state index is 0.0373. The predicted molar refractivity (Wildman–Crippen MR) is 148 cm³/mol. The Hall–Kier alpha value is -4.51. The molecular formula is C31H28F3N3O5. The van der Waals surface area contributed by atoms with Gasteiger partial charge in [-0.05, 0) is 68.8 Å². The molecule has 2 atom stereocenters. The van der Waals surface area contributed by atoms with Gasteiger partial charge in [0.1, 0.15) is 52.8 Å². The van der Waals surface area contributed by atoms with Crippen molar-refractivity contribution in [2.45, 2.75) is 44.1 Å². The number of Topliss-reactive ketones (excluding diaryl/α,β-unsaturated/α-hetero) is 1. The van der Waals surface area contributed by atoms with E-state index in [9.17, 15) is 27.9 Å². The molecule has 11 heteroatoms. The van der Waals surface area contributed by atoms with Crippen molar-refractivity contribution in [1.29, 1.82) is 0 Å². The summed E-state index contributed by atoms with van der Waals surface area (Å²) in [5.41, 5.74) is 4.78. The van der Waals surface area contributed by atoms with Gasteiger partial charge in [0, 0.05) is 34.7 Å². The molecule has 4 aromatic rings. The summed E-state index contributed by atoms with van der Waals surface area (Å²) in [5, 5.41) is 12.1. The van der Waals surface area contributed by atoms with E-state index in [4.69, 9.17) is 15.2 Å². The van der Waals surface area contributed by atoms with E-state index >= 15 is 0 Å². The highest BCUT2D eigenvalue weighted by molar-refractivity contribution is 6.01. The molecule has 0 bridgehead atoms. The number of aromatic nitrogens is 2. The summed E-state index contributed by atoms with van der Waals surface area (Å²) in [7, 11) is 0. The van der Waals surface area contributed by atoms with Crippen molar-refractivity contribution in [1.82, 2.24) is 9.97 Å². The minimum atomic E-state index is -2.71. The molecule has 0 aliphatic carbocycles. The molecular weight excluding hydrogens is 551 g/mol. The summed E-state index contributed by atoms with van der Waals surface area (Å²) in [4.78, 5) is 34.5. The van der Waals surface area contributed by atoms with E-state index < -0.39 is 35.8 Å². The fourth-order valence-electron chi connectivity index (χ4n) is 4.88. The van der Waals surface area contributed by atoms with Gasteiger partial charge in [-0.2, -0.15) is 0 Å². The average molecular weight is 580 g/mol. The third-order valence-corrected chi connectivity index (χ3v) is 7.48. The van der Waals surface area contributed by atoms with Crippen LogP contribution >= 0.6 is 0 Å². The number of aliphatic hydroxyl groups is 1. The number of fused-ring (bicyclic) bond motifs is 2. The van der Waals surface area contributed by atoms with Crippen molar-refractivity contribution in [2.24, 2.45) is 5.73 Å². The van der Waals surface area contributed by atoms with Crippen LogP contribution in [0.4, 0.5) is 13.2 Å². The molecule has 1 aliphatic heterocycles. The van der Waals surface area contributed by atoms with E-state index in [-0.39, 0.29) is 42.2 Å². The zero-order chi connectivity index (χ0) is 30.2. The number of ketones is 1. The first-order chi connectivity index (χ1) is 19.9. The molecule has 0 saturated carbocycles. The molecule has 3 N–H and O–H groups in total. The average Bonchev–Trinajstić information content (AvgIpc) is 3.32. The molecule has 8 nitrogen and oxygen atoms in total. The number of amides is 1. The highest BCUT2D eigenvalue weighted by Gasteiger charge is 2.45. The monoisotopic (exact) mass is 579 g/mol. The summed E-state index contributed by atoms with van der Waals surface area (Å²) >= 11 is 0. The number of rotatable bonds is 10. The zero-order valence-electron chi connectivity index (χ0n) is 22.9. The van der Waals surface area contributed by atoms with Gasteiger partial charge < -0.3 is 20.3 Å². The van der Waals surface area contributed by atoms with Crippen LogP contribution in [0.25, 0.3) is 22.2 Å². The van der Waals surface area contributed by atoms with Crippen molar-refractivity contribution in [3.8, 4) is 22.8 Å². The maximum absolute atomic E-state index is 13.7. The summed E-state index contributed by atoms with van der Waals surface area (Å²) in [5.74, 6) is -1.09. The van der Waals surface area contributed by atoms with Crippen LogP contribution in [0.1, 0.15) is 48.3 Å². The van der Waals surface area contributed by atoms with Gasteiger partial charge in [-0.3, -0.25) is 14.6 Å². The van der Waals surface area contributed by atoms with Crippen molar-refractivity contribution in [3.05, 3.63) is 83.4 Å². The molecule has 2 aromatic heterocycles. The number of carbonyl (C=O) groups excluding carboxylic acids is 2. The number of primary amides is 1. The second kappa shape index (κ2) is 11.1. The lowest BCUT2D eigenvalue weighted by molar-refractivity contribution is -0.123. The summed E-state index contributed by atoms with van der Waals surface area (Å²) in [6.45, 7) is 2.22. The van der Waals surface area contributed by atoms with Gasteiger partial charge in [0.15, 0.2) is 5.78 Å². The minimum Gasteiger partial charge on any atom is -0.489 e. The van der Waals surface area contributed by atoms with E-state index in [2.05, 4.69) is 9.97 Å². The Morgan fingerprint density at radius 2 is 1.93 bits per heavy atom. The SMILES string of the molecule is C[C@](O)(CCC(=O)c1cc(OCC(F)F)c2ncccc2c1)c1cc2c(c(-c3ccc(F)cc3)n1)OC[C@]2(C)C(N)=O. The lowest BCUT2D eigenvalue weighted by Crippen LogP contribution is -2.40. The lowest BCUT2D eigenvalue weighted by Gasteiger charge is -2.26. The molecule has 0 saturated heterocycles. The summed E-state index contributed by atoms with van der Waals surface area (Å²) in [6.07, 6.45) is -1.43. The first kappa shape index (κ1) is 29.0. The van der Waals surface area contributed by atoms with E-state index in [1.807, 2.05) is 0 Å². The van der Waals surface area contributed by atoms with Crippen LogP contribution in [0.15, 0.2) is 60.8 Å². The van der Waals surface area contributed by atoms with Crippen LogP contribution < -0.4 is 15.2 Å². The Bertz CT molecular complexity index is 1680. The fourth-order valence-corrected chi connectivity index (χ4v) is 4.88. The number of alkyl halides is 2. The number of halogens is 3. The number of pyridine rings is 2. The molecule has 5 rings (SSSR count). The van der Waals surface area contributed by atoms with Crippen molar-refractivity contribution in [2.75, 3.05) is 13.2 Å². The third kappa shape index (κ3) is 5.52. The molecule has 0 radical (unpaired) electrons. The van der Waals surface area contributed by atoms with Crippen molar-refractivity contribution >= 4 is 22.6 Å². The number of ether oxygens (including phenoxy) is 2. The number of hydrogen-bond acceptors (Lipinski definition) is 7. The number of nitrogens with two attached hydrogens (primary N) is 1.